The van der Waals surface area contributed by atoms with Gasteiger partial charge in [0.15, 0.2) is 16.8 Å². The van der Waals surface area contributed by atoms with E-state index in [4.69, 9.17) is 11.6 Å². The Morgan fingerprint density at radius 1 is 1.16 bits per heavy atom. The summed E-state index contributed by atoms with van der Waals surface area (Å²) in [4.78, 5) is 28.4. The van der Waals surface area contributed by atoms with Gasteiger partial charge in [0.2, 0.25) is 5.91 Å². The number of ketones is 1. The van der Waals surface area contributed by atoms with Gasteiger partial charge in [0.1, 0.15) is 0 Å². The van der Waals surface area contributed by atoms with Crippen LogP contribution in [0.3, 0.4) is 0 Å². The molecule has 1 amide bonds. The van der Waals surface area contributed by atoms with Crippen molar-refractivity contribution in [3.8, 4) is 17.1 Å². The van der Waals surface area contributed by atoms with Gasteiger partial charge in [-0.15, -0.1) is 10.2 Å². The Kier molecular flexibility index (Phi) is 7.46. The van der Waals surface area contributed by atoms with E-state index in [-0.39, 0.29) is 23.4 Å². The molecule has 9 heteroatoms. The lowest BCUT2D eigenvalue weighted by atomic mass is 10.0. The van der Waals surface area contributed by atoms with Crippen molar-refractivity contribution in [1.29, 1.82) is 0 Å². The zero-order valence-electron chi connectivity index (χ0n) is 17.8. The van der Waals surface area contributed by atoms with Crippen molar-refractivity contribution in [3.63, 3.8) is 0 Å². The van der Waals surface area contributed by atoms with Gasteiger partial charge < -0.3 is 5.32 Å². The molecule has 31 heavy (non-hydrogen) atoms. The highest BCUT2D eigenvalue weighted by Crippen LogP contribution is 2.31. The van der Waals surface area contributed by atoms with Crippen molar-refractivity contribution in [2.24, 2.45) is 5.92 Å². The van der Waals surface area contributed by atoms with Crippen molar-refractivity contribution >= 4 is 35.1 Å². The van der Waals surface area contributed by atoms with Gasteiger partial charge in [-0.05, 0) is 49.6 Å². The average Bonchev–Trinajstić information content (AvgIpc) is 3.16. The zero-order valence-corrected chi connectivity index (χ0v) is 19.4. The van der Waals surface area contributed by atoms with E-state index in [0.717, 1.165) is 16.8 Å². The molecule has 1 aromatic carbocycles. The molecule has 0 aliphatic heterocycles. The first-order valence-electron chi connectivity index (χ1n) is 9.83. The molecule has 1 unspecified atom stereocenters. The van der Waals surface area contributed by atoms with E-state index in [0.29, 0.717) is 16.0 Å². The summed E-state index contributed by atoms with van der Waals surface area (Å²) in [5.74, 6) is 0.444. The van der Waals surface area contributed by atoms with E-state index >= 15 is 0 Å². The molecule has 1 N–H and O–H groups in total. The average molecular weight is 458 g/mol. The van der Waals surface area contributed by atoms with Crippen molar-refractivity contribution < 1.29 is 9.59 Å². The molecular formula is C22H24ClN5O2S. The van der Waals surface area contributed by atoms with Gasteiger partial charge in [-0.3, -0.25) is 19.1 Å². The number of Topliss-reactive ketones (excluding diaryl/α,β-unsaturated/α-hetero) is 1. The van der Waals surface area contributed by atoms with Crippen LogP contribution < -0.4 is 5.32 Å². The van der Waals surface area contributed by atoms with Crippen LogP contribution in [0.5, 0.6) is 0 Å². The summed E-state index contributed by atoms with van der Waals surface area (Å²) in [6.45, 7) is 7.21. The molecule has 162 valence electrons. The molecule has 0 saturated carbocycles. The number of carbonyl (C=O) groups is 2. The van der Waals surface area contributed by atoms with Gasteiger partial charge in [-0.25, -0.2) is 0 Å². The Hall–Kier alpha value is -2.71. The molecule has 2 heterocycles. The second-order valence-corrected chi connectivity index (χ2v) is 8.80. The second-order valence-electron chi connectivity index (χ2n) is 7.45. The summed E-state index contributed by atoms with van der Waals surface area (Å²) in [5, 5.41) is 12.7. The van der Waals surface area contributed by atoms with Crippen LogP contribution >= 0.6 is 23.4 Å². The van der Waals surface area contributed by atoms with Crippen LogP contribution in [-0.2, 0) is 9.59 Å². The van der Waals surface area contributed by atoms with E-state index < -0.39 is 6.04 Å². The van der Waals surface area contributed by atoms with E-state index in [1.165, 1.54) is 18.7 Å². The number of aromatic nitrogens is 4. The smallest absolute Gasteiger partial charge is 0.231 e. The molecule has 2 aromatic heterocycles. The summed E-state index contributed by atoms with van der Waals surface area (Å²) in [6.07, 6.45) is 3.38. The highest BCUT2D eigenvalue weighted by atomic mass is 35.5. The van der Waals surface area contributed by atoms with Crippen LogP contribution in [-0.4, -0.2) is 43.2 Å². The minimum absolute atomic E-state index is 0.0162. The molecule has 7 nitrogen and oxygen atoms in total. The molecule has 0 radical (unpaired) electrons. The summed E-state index contributed by atoms with van der Waals surface area (Å²) >= 11 is 7.61. The Balaban J connectivity index is 1.93. The number of thioether (sulfide) groups is 1. The lowest BCUT2D eigenvalue weighted by Crippen LogP contribution is -2.44. The zero-order chi connectivity index (χ0) is 22.5. The fourth-order valence-corrected chi connectivity index (χ4v) is 4.12. The number of hydrogen-bond acceptors (Lipinski definition) is 6. The van der Waals surface area contributed by atoms with E-state index in [9.17, 15) is 9.59 Å². The van der Waals surface area contributed by atoms with Gasteiger partial charge in [-0.1, -0.05) is 43.3 Å². The maximum absolute atomic E-state index is 12.5. The molecule has 0 spiro atoms. The van der Waals surface area contributed by atoms with Gasteiger partial charge in [-0.2, -0.15) is 0 Å². The fraction of sp³-hybridized carbons (Fsp3) is 0.318. The van der Waals surface area contributed by atoms with E-state index in [1.54, 1.807) is 12.4 Å². The van der Waals surface area contributed by atoms with Gasteiger partial charge in [0, 0.05) is 23.0 Å². The first-order chi connectivity index (χ1) is 14.8. The van der Waals surface area contributed by atoms with Crippen LogP contribution in [0, 0.1) is 12.8 Å². The first kappa shape index (κ1) is 23.0. The monoisotopic (exact) mass is 457 g/mol. The fourth-order valence-electron chi connectivity index (χ4n) is 3.19. The number of amides is 1. The maximum Gasteiger partial charge on any atom is 0.231 e. The second kappa shape index (κ2) is 10.1. The van der Waals surface area contributed by atoms with E-state index in [1.807, 2.05) is 55.7 Å². The number of carbonyl (C=O) groups excluding carboxylic acids is 2. The molecule has 1 atom stereocenters. The lowest BCUT2D eigenvalue weighted by Gasteiger charge is -2.19. The molecule has 0 saturated heterocycles. The summed E-state index contributed by atoms with van der Waals surface area (Å²) in [7, 11) is 0. The van der Waals surface area contributed by atoms with Crippen LogP contribution in [0.4, 0.5) is 0 Å². The van der Waals surface area contributed by atoms with Crippen molar-refractivity contribution in [3.05, 3.63) is 53.3 Å². The Labute approximate surface area is 190 Å². The molecular weight excluding hydrogens is 434 g/mol. The number of pyridine rings is 1. The van der Waals surface area contributed by atoms with Gasteiger partial charge in [0.25, 0.3) is 0 Å². The molecule has 0 aliphatic carbocycles. The van der Waals surface area contributed by atoms with Gasteiger partial charge >= 0.3 is 0 Å². The Bertz CT molecular complexity index is 1080. The molecule has 3 rings (SSSR count). The summed E-state index contributed by atoms with van der Waals surface area (Å²) in [5.41, 5.74) is 2.55. The Morgan fingerprint density at radius 2 is 1.87 bits per heavy atom. The minimum Gasteiger partial charge on any atom is -0.345 e. The third-order valence-electron chi connectivity index (χ3n) is 4.81. The van der Waals surface area contributed by atoms with Crippen molar-refractivity contribution in [2.45, 2.75) is 38.9 Å². The van der Waals surface area contributed by atoms with Crippen molar-refractivity contribution in [2.75, 3.05) is 5.75 Å². The number of nitrogens with one attached hydrogen (secondary N) is 1. The summed E-state index contributed by atoms with van der Waals surface area (Å²) < 4.78 is 1.89. The largest absolute Gasteiger partial charge is 0.345 e. The highest BCUT2D eigenvalue weighted by Gasteiger charge is 2.22. The standard InChI is InChI=1S/C22H24ClN5O2S/c1-13(2)20(15(4)29)25-19(30)12-31-22-27-26-21(16-8-10-24-11-9-16)28(22)18-7-5-6-17(23)14(18)3/h5-11,13,20H,12H2,1-4H3,(H,25,30). The quantitative estimate of drug-likeness (QED) is 0.512. The predicted molar refractivity (Wildman–Crippen MR) is 123 cm³/mol. The third kappa shape index (κ3) is 5.32. The van der Waals surface area contributed by atoms with Crippen LogP contribution in [0.2, 0.25) is 5.02 Å². The molecule has 0 bridgehead atoms. The molecule has 0 fully saturated rings. The van der Waals surface area contributed by atoms with Crippen LogP contribution in [0.1, 0.15) is 26.3 Å². The topological polar surface area (TPSA) is 89.8 Å². The normalized spacial score (nSPS) is 12.1. The number of nitrogens with zero attached hydrogens (tertiary/aromatic N) is 4. The first-order valence-corrected chi connectivity index (χ1v) is 11.2. The summed E-state index contributed by atoms with van der Waals surface area (Å²) in [6, 6.07) is 8.81. The molecule has 3 aromatic rings. The van der Waals surface area contributed by atoms with E-state index in [2.05, 4.69) is 20.5 Å². The van der Waals surface area contributed by atoms with Crippen molar-refractivity contribution in [1.82, 2.24) is 25.1 Å². The lowest BCUT2D eigenvalue weighted by molar-refractivity contribution is -0.126. The van der Waals surface area contributed by atoms with Crippen LogP contribution in [0.25, 0.3) is 17.1 Å². The third-order valence-corrected chi connectivity index (χ3v) is 6.14. The van der Waals surface area contributed by atoms with Crippen LogP contribution in [0.15, 0.2) is 47.9 Å². The highest BCUT2D eigenvalue weighted by molar-refractivity contribution is 7.99. The van der Waals surface area contributed by atoms with Gasteiger partial charge in [0.05, 0.1) is 17.5 Å². The maximum atomic E-state index is 12.5. The number of hydrogen-bond donors (Lipinski definition) is 1. The number of halogens is 1. The Morgan fingerprint density at radius 3 is 2.52 bits per heavy atom. The number of rotatable bonds is 8. The number of benzene rings is 1. The molecule has 0 aliphatic rings. The SMILES string of the molecule is CC(=O)C(NC(=O)CSc1nnc(-c2ccncc2)n1-c1cccc(Cl)c1C)C(C)C. The predicted octanol–water partition coefficient (Wildman–Crippen LogP) is 4.11. The minimum atomic E-state index is -0.506.